The van der Waals surface area contributed by atoms with Crippen LogP contribution < -0.4 is 0 Å². The molecular weight excluding hydrogens is 184 g/mol. The van der Waals surface area contributed by atoms with Gasteiger partial charge in [-0.05, 0) is 19.8 Å². The summed E-state index contributed by atoms with van der Waals surface area (Å²) in [6, 6.07) is 0. The molecule has 14 heavy (non-hydrogen) atoms. The first-order chi connectivity index (χ1) is 6.70. The van der Waals surface area contributed by atoms with Crippen molar-refractivity contribution in [3.8, 4) is 0 Å². The summed E-state index contributed by atoms with van der Waals surface area (Å²) in [7, 11) is 1.65. The molecule has 2 atom stereocenters. The smallest absolute Gasteiger partial charge is 0.154 e. The molecule has 86 valence electrons. The highest BCUT2D eigenvalue weighted by Crippen LogP contribution is 1.96. The molecule has 0 radical (unpaired) electrons. The van der Waals surface area contributed by atoms with E-state index in [-0.39, 0.29) is 6.10 Å². The molecule has 0 spiro atoms. The molecule has 1 N–H and O–H groups in total. The highest BCUT2D eigenvalue weighted by molar-refractivity contribution is 4.46. The van der Waals surface area contributed by atoms with Crippen molar-refractivity contribution in [3.63, 3.8) is 0 Å². The first-order valence-corrected chi connectivity index (χ1v) is 5.10. The van der Waals surface area contributed by atoms with E-state index < -0.39 is 6.29 Å². The van der Waals surface area contributed by atoms with Crippen LogP contribution in [-0.2, 0) is 14.2 Å². The fourth-order valence-electron chi connectivity index (χ4n) is 0.963. The lowest BCUT2D eigenvalue weighted by atomic mass is 10.4. The maximum Gasteiger partial charge on any atom is 0.154 e. The monoisotopic (exact) mass is 206 g/mol. The summed E-state index contributed by atoms with van der Waals surface area (Å²) in [4.78, 5) is 0. The molecule has 4 nitrogen and oxygen atoms in total. The summed E-state index contributed by atoms with van der Waals surface area (Å²) < 4.78 is 15.4. The van der Waals surface area contributed by atoms with E-state index >= 15 is 0 Å². The van der Waals surface area contributed by atoms with Gasteiger partial charge in [0, 0.05) is 13.7 Å². The van der Waals surface area contributed by atoms with Gasteiger partial charge >= 0.3 is 0 Å². The first kappa shape index (κ1) is 13.8. The number of hydrogen-bond acceptors (Lipinski definition) is 4. The molecule has 4 heteroatoms. The topological polar surface area (TPSA) is 47.9 Å². The number of aliphatic hydroxyl groups is 1. The highest BCUT2D eigenvalue weighted by Gasteiger charge is 2.02. The molecule has 0 aromatic heterocycles. The van der Waals surface area contributed by atoms with E-state index in [0.717, 1.165) is 6.42 Å². The van der Waals surface area contributed by atoms with E-state index in [1.165, 1.54) is 0 Å². The van der Waals surface area contributed by atoms with E-state index in [1.807, 2.05) is 13.8 Å². The second-order valence-electron chi connectivity index (χ2n) is 3.22. The molecule has 0 heterocycles. The number of methoxy groups -OCH3 is 1. The summed E-state index contributed by atoms with van der Waals surface area (Å²) in [5.74, 6) is 0. The maximum atomic E-state index is 9.07. The van der Waals surface area contributed by atoms with Crippen LogP contribution >= 0.6 is 0 Å². The van der Waals surface area contributed by atoms with E-state index in [9.17, 15) is 0 Å². The minimum absolute atomic E-state index is 0.121. The average molecular weight is 206 g/mol. The van der Waals surface area contributed by atoms with Gasteiger partial charge in [-0.2, -0.15) is 0 Å². The maximum absolute atomic E-state index is 9.07. The zero-order valence-electron chi connectivity index (χ0n) is 9.36. The minimum atomic E-state index is -0.633. The van der Waals surface area contributed by atoms with Gasteiger partial charge in [0.2, 0.25) is 0 Å². The molecule has 0 amide bonds. The lowest BCUT2D eigenvalue weighted by Crippen LogP contribution is -2.17. The first-order valence-electron chi connectivity index (χ1n) is 5.10. The fraction of sp³-hybridized carbons (Fsp3) is 1.00. The van der Waals surface area contributed by atoms with Crippen molar-refractivity contribution >= 4 is 0 Å². The summed E-state index contributed by atoms with van der Waals surface area (Å²) >= 11 is 0. The molecule has 0 aromatic rings. The molecular formula is C10H22O4. The van der Waals surface area contributed by atoms with Gasteiger partial charge in [-0.3, -0.25) is 0 Å². The quantitative estimate of drug-likeness (QED) is 0.454. The molecule has 0 saturated carbocycles. The lowest BCUT2D eigenvalue weighted by Gasteiger charge is -2.12. The number of rotatable bonds is 9. The van der Waals surface area contributed by atoms with E-state index in [0.29, 0.717) is 26.2 Å². The van der Waals surface area contributed by atoms with Gasteiger partial charge in [0.1, 0.15) is 0 Å². The van der Waals surface area contributed by atoms with Crippen molar-refractivity contribution in [3.05, 3.63) is 0 Å². The van der Waals surface area contributed by atoms with Crippen molar-refractivity contribution in [1.29, 1.82) is 0 Å². The van der Waals surface area contributed by atoms with Crippen LogP contribution in [-0.4, -0.2) is 44.4 Å². The Kier molecular flexibility index (Phi) is 9.29. The van der Waals surface area contributed by atoms with E-state index in [4.69, 9.17) is 19.3 Å². The average Bonchev–Trinajstić information content (AvgIpc) is 2.17. The molecule has 0 rings (SSSR count). The van der Waals surface area contributed by atoms with Crippen LogP contribution in [0.15, 0.2) is 0 Å². The van der Waals surface area contributed by atoms with Crippen LogP contribution in [0.3, 0.4) is 0 Å². The molecule has 0 fully saturated rings. The Bertz CT molecular complexity index is 119. The summed E-state index contributed by atoms with van der Waals surface area (Å²) in [6.45, 7) is 5.63. The van der Waals surface area contributed by atoms with Crippen molar-refractivity contribution in [1.82, 2.24) is 0 Å². The predicted octanol–water partition coefficient (Wildman–Crippen LogP) is 1.17. The number of hydrogen-bond donors (Lipinski definition) is 1. The second-order valence-corrected chi connectivity index (χ2v) is 3.22. The molecule has 0 saturated heterocycles. The lowest BCUT2D eigenvalue weighted by molar-refractivity contribution is -0.106. The Hall–Kier alpha value is -0.160. The standard InChI is InChI=1S/C10H22O4/c1-4-10(11)14-7-5-6-13-9(2)8-12-3/h9-11H,4-8H2,1-3H3. The van der Waals surface area contributed by atoms with Gasteiger partial charge in [0.15, 0.2) is 6.29 Å². The summed E-state index contributed by atoms with van der Waals surface area (Å²) in [5, 5.41) is 9.07. The number of aliphatic hydroxyl groups excluding tert-OH is 1. The Labute approximate surface area is 86.2 Å². The van der Waals surface area contributed by atoms with E-state index in [2.05, 4.69) is 0 Å². The Morgan fingerprint density at radius 1 is 1.21 bits per heavy atom. The molecule has 2 unspecified atom stereocenters. The Morgan fingerprint density at radius 2 is 1.86 bits per heavy atom. The van der Waals surface area contributed by atoms with Gasteiger partial charge in [0.25, 0.3) is 0 Å². The van der Waals surface area contributed by atoms with Crippen LogP contribution in [0.2, 0.25) is 0 Å². The van der Waals surface area contributed by atoms with Crippen LogP contribution in [0.1, 0.15) is 26.7 Å². The predicted molar refractivity (Wildman–Crippen MR) is 54.2 cm³/mol. The van der Waals surface area contributed by atoms with Crippen molar-refractivity contribution in [2.24, 2.45) is 0 Å². The third kappa shape index (κ3) is 8.44. The molecule has 0 aromatic carbocycles. The van der Waals surface area contributed by atoms with Crippen LogP contribution in [0.5, 0.6) is 0 Å². The normalized spacial score (nSPS) is 15.4. The Balaban J connectivity index is 3.13. The Morgan fingerprint density at radius 3 is 2.43 bits per heavy atom. The SMILES string of the molecule is CCC(O)OCCCOC(C)COC. The molecule has 0 aliphatic rings. The molecule has 0 aliphatic carbocycles. The van der Waals surface area contributed by atoms with Crippen LogP contribution in [0.25, 0.3) is 0 Å². The molecule has 0 bridgehead atoms. The van der Waals surface area contributed by atoms with E-state index in [1.54, 1.807) is 7.11 Å². The third-order valence-electron chi connectivity index (χ3n) is 1.75. The van der Waals surface area contributed by atoms with Gasteiger partial charge in [-0.25, -0.2) is 0 Å². The number of ether oxygens (including phenoxy) is 3. The zero-order chi connectivity index (χ0) is 10.8. The minimum Gasteiger partial charge on any atom is -0.382 e. The van der Waals surface area contributed by atoms with Crippen molar-refractivity contribution < 1.29 is 19.3 Å². The van der Waals surface area contributed by atoms with Gasteiger partial charge in [-0.1, -0.05) is 6.92 Å². The van der Waals surface area contributed by atoms with Crippen molar-refractivity contribution in [2.45, 2.75) is 39.1 Å². The highest BCUT2D eigenvalue weighted by atomic mass is 16.6. The summed E-state index contributed by atoms with van der Waals surface area (Å²) in [5.41, 5.74) is 0. The fourth-order valence-corrected chi connectivity index (χ4v) is 0.963. The molecule has 0 aliphatic heterocycles. The van der Waals surface area contributed by atoms with Crippen LogP contribution in [0, 0.1) is 0 Å². The second kappa shape index (κ2) is 9.40. The van der Waals surface area contributed by atoms with Gasteiger partial charge < -0.3 is 19.3 Å². The zero-order valence-corrected chi connectivity index (χ0v) is 9.36. The van der Waals surface area contributed by atoms with Gasteiger partial charge in [-0.15, -0.1) is 0 Å². The third-order valence-corrected chi connectivity index (χ3v) is 1.75. The summed E-state index contributed by atoms with van der Waals surface area (Å²) in [6.07, 6.45) is 0.911. The van der Waals surface area contributed by atoms with Crippen molar-refractivity contribution in [2.75, 3.05) is 26.9 Å². The van der Waals surface area contributed by atoms with Gasteiger partial charge in [0.05, 0.1) is 19.3 Å². The largest absolute Gasteiger partial charge is 0.382 e. The van der Waals surface area contributed by atoms with Crippen LogP contribution in [0.4, 0.5) is 0 Å².